The van der Waals surface area contributed by atoms with Crippen LogP contribution in [0.1, 0.15) is 22.3 Å². The van der Waals surface area contributed by atoms with Gasteiger partial charge in [0.25, 0.3) is 0 Å². The molecule has 1 N–H and O–H groups in total. The molecule has 2 heteroatoms. The van der Waals surface area contributed by atoms with Gasteiger partial charge in [-0.05, 0) is 67.1 Å². The molecule has 0 saturated heterocycles. The van der Waals surface area contributed by atoms with Crippen molar-refractivity contribution in [2.24, 2.45) is 0 Å². The van der Waals surface area contributed by atoms with Gasteiger partial charge in [-0.2, -0.15) is 0 Å². The molecule has 0 fully saturated rings. The molecule has 1 atom stereocenters. The van der Waals surface area contributed by atoms with Gasteiger partial charge in [0.05, 0.1) is 0 Å². The second kappa shape index (κ2) is 4.90. The van der Waals surface area contributed by atoms with Crippen LogP contribution in [-0.4, -0.2) is 6.04 Å². The number of nitrogens with one attached hydrogen (secondary N) is 1. The van der Waals surface area contributed by atoms with Crippen LogP contribution >= 0.6 is 11.6 Å². The predicted octanol–water partition coefficient (Wildman–Crippen LogP) is 4.54. The third kappa shape index (κ3) is 2.62. The summed E-state index contributed by atoms with van der Waals surface area (Å²) in [6, 6.07) is 13.3. The van der Waals surface area contributed by atoms with Crippen LogP contribution < -0.4 is 5.32 Å². The van der Waals surface area contributed by atoms with E-state index in [1.54, 1.807) is 0 Å². The Hall–Kier alpha value is -1.47. The van der Waals surface area contributed by atoms with Crippen LogP contribution in [0.25, 0.3) is 0 Å². The fraction of sp³-hybridized carbons (Fsp3) is 0.294. The largest absolute Gasteiger partial charge is 0.381 e. The molecule has 0 heterocycles. The molecular weight excluding hydrogens is 254 g/mol. The lowest BCUT2D eigenvalue weighted by Crippen LogP contribution is -2.20. The fourth-order valence-electron chi connectivity index (χ4n) is 2.80. The second-order valence-electron chi connectivity index (χ2n) is 5.48. The molecule has 1 nitrogen and oxygen atoms in total. The van der Waals surface area contributed by atoms with E-state index in [-0.39, 0.29) is 0 Å². The molecule has 2 aromatic rings. The van der Waals surface area contributed by atoms with Gasteiger partial charge in [0, 0.05) is 16.8 Å². The van der Waals surface area contributed by atoms with E-state index in [9.17, 15) is 0 Å². The molecule has 0 bridgehead atoms. The number of hydrogen-bond donors (Lipinski definition) is 1. The van der Waals surface area contributed by atoms with Gasteiger partial charge in [-0.3, -0.25) is 0 Å². The minimum Gasteiger partial charge on any atom is -0.381 e. The number of aryl methyl sites for hydroxylation is 2. The second-order valence-corrected chi connectivity index (χ2v) is 5.92. The summed E-state index contributed by atoms with van der Waals surface area (Å²) >= 11 is 6.06. The lowest BCUT2D eigenvalue weighted by Gasteiger charge is -2.16. The summed E-state index contributed by atoms with van der Waals surface area (Å²) in [5.74, 6) is 0. The van der Waals surface area contributed by atoms with Crippen LogP contribution in [0, 0.1) is 13.8 Å². The van der Waals surface area contributed by atoms with Crippen molar-refractivity contribution >= 4 is 17.3 Å². The number of hydrogen-bond acceptors (Lipinski definition) is 1. The molecule has 0 amide bonds. The Bertz CT molecular complexity index is 619. The molecule has 1 aliphatic carbocycles. The van der Waals surface area contributed by atoms with Crippen molar-refractivity contribution in [2.45, 2.75) is 32.7 Å². The molecular formula is C17H18ClN. The van der Waals surface area contributed by atoms with Crippen LogP contribution in [0.5, 0.6) is 0 Å². The highest BCUT2D eigenvalue weighted by Gasteiger charge is 2.21. The van der Waals surface area contributed by atoms with Gasteiger partial charge >= 0.3 is 0 Å². The fourth-order valence-corrected chi connectivity index (χ4v) is 2.99. The summed E-state index contributed by atoms with van der Waals surface area (Å²) in [6.07, 6.45) is 2.14. The standard InChI is InChI=1S/C17H18ClN/c1-11-3-4-12(2)17(7-11)19-16-9-13-5-6-15(18)8-14(13)10-16/h3-8,16,19H,9-10H2,1-2H3. The Balaban J connectivity index is 1.78. The maximum absolute atomic E-state index is 6.06. The molecule has 0 saturated carbocycles. The molecule has 19 heavy (non-hydrogen) atoms. The number of anilines is 1. The van der Waals surface area contributed by atoms with Crippen LogP contribution in [-0.2, 0) is 12.8 Å². The van der Waals surface area contributed by atoms with Crippen molar-refractivity contribution in [2.75, 3.05) is 5.32 Å². The molecule has 98 valence electrons. The Morgan fingerprint density at radius 3 is 2.63 bits per heavy atom. The molecule has 3 rings (SSSR count). The zero-order chi connectivity index (χ0) is 13.4. The molecule has 1 unspecified atom stereocenters. The molecule has 0 aromatic heterocycles. The summed E-state index contributed by atoms with van der Waals surface area (Å²) in [7, 11) is 0. The van der Waals surface area contributed by atoms with Crippen LogP contribution in [0.3, 0.4) is 0 Å². The van der Waals surface area contributed by atoms with Gasteiger partial charge in [-0.1, -0.05) is 29.8 Å². The molecule has 0 radical (unpaired) electrons. The average molecular weight is 272 g/mol. The first kappa shape index (κ1) is 12.6. The van der Waals surface area contributed by atoms with Crippen molar-refractivity contribution in [3.63, 3.8) is 0 Å². The van der Waals surface area contributed by atoms with Gasteiger partial charge in [0.15, 0.2) is 0 Å². The van der Waals surface area contributed by atoms with Crippen molar-refractivity contribution in [1.82, 2.24) is 0 Å². The van der Waals surface area contributed by atoms with Crippen LogP contribution in [0.4, 0.5) is 5.69 Å². The SMILES string of the molecule is Cc1ccc(C)c(NC2Cc3ccc(Cl)cc3C2)c1. The summed E-state index contributed by atoms with van der Waals surface area (Å²) in [4.78, 5) is 0. The minimum atomic E-state index is 0.481. The topological polar surface area (TPSA) is 12.0 Å². The normalized spacial score (nSPS) is 17.3. The Morgan fingerprint density at radius 1 is 1.00 bits per heavy atom. The summed E-state index contributed by atoms with van der Waals surface area (Å²) in [5.41, 5.74) is 6.66. The van der Waals surface area contributed by atoms with Crippen molar-refractivity contribution in [3.8, 4) is 0 Å². The number of benzene rings is 2. The van der Waals surface area contributed by atoms with Crippen molar-refractivity contribution in [3.05, 3.63) is 63.7 Å². The van der Waals surface area contributed by atoms with Gasteiger partial charge in [-0.25, -0.2) is 0 Å². The lowest BCUT2D eigenvalue weighted by atomic mass is 10.1. The van der Waals surface area contributed by atoms with Crippen LogP contribution in [0.15, 0.2) is 36.4 Å². The highest BCUT2D eigenvalue weighted by atomic mass is 35.5. The van der Waals surface area contributed by atoms with E-state index in [2.05, 4.69) is 49.5 Å². The third-order valence-corrected chi connectivity index (χ3v) is 4.09. The highest BCUT2D eigenvalue weighted by molar-refractivity contribution is 6.30. The summed E-state index contributed by atoms with van der Waals surface area (Å²) in [6.45, 7) is 4.29. The molecule has 0 spiro atoms. The van der Waals surface area contributed by atoms with Crippen LogP contribution in [0.2, 0.25) is 5.02 Å². The van der Waals surface area contributed by atoms with Gasteiger partial charge in [0.2, 0.25) is 0 Å². The zero-order valence-electron chi connectivity index (χ0n) is 11.3. The third-order valence-electron chi connectivity index (χ3n) is 3.85. The van der Waals surface area contributed by atoms with E-state index in [0.29, 0.717) is 6.04 Å². The monoisotopic (exact) mass is 271 g/mol. The summed E-state index contributed by atoms with van der Waals surface area (Å²) in [5, 5.41) is 4.51. The van der Waals surface area contributed by atoms with E-state index in [4.69, 9.17) is 11.6 Å². The quantitative estimate of drug-likeness (QED) is 0.846. The van der Waals surface area contributed by atoms with E-state index in [1.807, 2.05) is 6.07 Å². The van der Waals surface area contributed by atoms with Crippen molar-refractivity contribution in [1.29, 1.82) is 0 Å². The van der Waals surface area contributed by atoms with E-state index in [1.165, 1.54) is 27.9 Å². The average Bonchev–Trinajstić information content (AvgIpc) is 2.75. The lowest BCUT2D eigenvalue weighted by molar-refractivity contribution is 0.773. The van der Waals surface area contributed by atoms with Gasteiger partial charge < -0.3 is 5.32 Å². The van der Waals surface area contributed by atoms with Gasteiger partial charge in [-0.15, -0.1) is 0 Å². The van der Waals surface area contributed by atoms with E-state index >= 15 is 0 Å². The predicted molar refractivity (Wildman–Crippen MR) is 82.2 cm³/mol. The maximum Gasteiger partial charge on any atom is 0.0408 e. The number of rotatable bonds is 2. The molecule has 0 aliphatic heterocycles. The van der Waals surface area contributed by atoms with E-state index < -0.39 is 0 Å². The summed E-state index contributed by atoms with van der Waals surface area (Å²) < 4.78 is 0. The van der Waals surface area contributed by atoms with Crippen molar-refractivity contribution < 1.29 is 0 Å². The number of fused-ring (bicyclic) bond motifs is 1. The Kier molecular flexibility index (Phi) is 3.24. The first-order chi connectivity index (χ1) is 9.11. The Labute approximate surface area is 119 Å². The van der Waals surface area contributed by atoms with Gasteiger partial charge in [0.1, 0.15) is 0 Å². The zero-order valence-corrected chi connectivity index (χ0v) is 12.1. The Morgan fingerprint density at radius 2 is 1.79 bits per heavy atom. The number of halogens is 1. The first-order valence-corrected chi connectivity index (χ1v) is 7.11. The molecule has 1 aliphatic rings. The molecule has 2 aromatic carbocycles. The smallest absolute Gasteiger partial charge is 0.0408 e. The van der Waals surface area contributed by atoms with E-state index in [0.717, 1.165) is 17.9 Å². The highest BCUT2D eigenvalue weighted by Crippen LogP contribution is 2.28. The first-order valence-electron chi connectivity index (χ1n) is 6.73. The maximum atomic E-state index is 6.06. The minimum absolute atomic E-state index is 0.481.